The maximum Gasteiger partial charge on any atom is 0.285 e. The van der Waals surface area contributed by atoms with Gasteiger partial charge in [-0.1, -0.05) is 6.08 Å². The minimum absolute atomic E-state index is 0.0645. The lowest BCUT2D eigenvalue weighted by molar-refractivity contribution is -0.385. The summed E-state index contributed by atoms with van der Waals surface area (Å²) in [5, 5.41) is 12.8. The van der Waals surface area contributed by atoms with Crippen molar-refractivity contribution >= 4 is 11.6 Å². The molecule has 0 aromatic heterocycles. The molecule has 7 heteroatoms. The van der Waals surface area contributed by atoms with Crippen molar-refractivity contribution in [2.45, 2.75) is 0 Å². The molecule has 17 heavy (non-hydrogen) atoms. The van der Waals surface area contributed by atoms with E-state index in [1.165, 1.54) is 6.08 Å². The molecule has 90 valence electrons. The van der Waals surface area contributed by atoms with Crippen molar-refractivity contribution in [1.29, 1.82) is 0 Å². The van der Waals surface area contributed by atoms with E-state index in [0.29, 0.717) is 12.1 Å². The molecule has 0 aliphatic heterocycles. The van der Waals surface area contributed by atoms with Gasteiger partial charge in [0.2, 0.25) is 0 Å². The lowest BCUT2D eigenvalue weighted by atomic mass is 10.1. The first-order chi connectivity index (χ1) is 7.97. The van der Waals surface area contributed by atoms with Gasteiger partial charge in [-0.15, -0.1) is 6.58 Å². The van der Waals surface area contributed by atoms with Gasteiger partial charge in [-0.2, -0.15) is 0 Å². The molecule has 1 amide bonds. The highest BCUT2D eigenvalue weighted by atomic mass is 19.2. The Kier molecular flexibility index (Phi) is 3.86. The summed E-state index contributed by atoms with van der Waals surface area (Å²) in [5.74, 6) is -3.56. The van der Waals surface area contributed by atoms with Crippen molar-refractivity contribution in [3.8, 4) is 0 Å². The van der Waals surface area contributed by atoms with E-state index in [0.717, 1.165) is 0 Å². The Hall–Kier alpha value is -2.31. The van der Waals surface area contributed by atoms with Gasteiger partial charge < -0.3 is 5.32 Å². The van der Waals surface area contributed by atoms with Gasteiger partial charge in [-0.05, 0) is 6.07 Å². The number of carbonyl (C=O) groups excluding carboxylic acids is 1. The smallest absolute Gasteiger partial charge is 0.285 e. The fourth-order valence-electron chi connectivity index (χ4n) is 1.13. The molecule has 1 aromatic carbocycles. The van der Waals surface area contributed by atoms with Gasteiger partial charge >= 0.3 is 0 Å². The van der Waals surface area contributed by atoms with Gasteiger partial charge in [-0.25, -0.2) is 8.78 Å². The molecule has 0 saturated heterocycles. The van der Waals surface area contributed by atoms with Crippen molar-refractivity contribution in [3.63, 3.8) is 0 Å². The second-order valence-electron chi connectivity index (χ2n) is 3.04. The van der Waals surface area contributed by atoms with Crippen molar-refractivity contribution in [1.82, 2.24) is 5.32 Å². The minimum Gasteiger partial charge on any atom is -0.348 e. The van der Waals surface area contributed by atoms with Crippen molar-refractivity contribution in [2.75, 3.05) is 6.54 Å². The zero-order valence-electron chi connectivity index (χ0n) is 8.57. The molecule has 0 saturated carbocycles. The molecule has 0 radical (unpaired) electrons. The first kappa shape index (κ1) is 12.8. The van der Waals surface area contributed by atoms with E-state index in [2.05, 4.69) is 11.9 Å². The Morgan fingerprint density at radius 2 is 2.06 bits per heavy atom. The van der Waals surface area contributed by atoms with Crippen LogP contribution in [-0.2, 0) is 0 Å². The van der Waals surface area contributed by atoms with Crippen LogP contribution >= 0.6 is 0 Å². The summed E-state index contributed by atoms with van der Waals surface area (Å²) in [7, 11) is 0. The van der Waals surface area contributed by atoms with Crippen LogP contribution in [0.3, 0.4) is 0 Å². The molecule has 0 bridgehead atoms. The number of rotatable bonds is 4. The van der Waals surface area contributed by atoms with Crippen LogP contribution in [0.15, 0.2) is 24.8 Å². The summed E-state index contributed by atoms with van der Waals surface area (Å²) in [4.78, 5) is 21.1. The highest BCUT2D eigenvalue weighted by molar-refractivity contribution is 5.98. The Morgan fingerprint density at radius 3 is 2.59 bits per heavy atom. The average molecular weight is 242 g/mol. The third-order valence-corrected chi connectivity index (χ3v) is 1.89. The normalized spacial score (nSPS) is 9.76. The molecular weight excluding hydrogens is 234 g/mol. The minimum atomic E-state index is -1.38. The second-order valence-corrected chi connectivity index (χ2v) is 3.04. The third kappa shape index (κ3) is 2.83. The monoisotopic (exact) mass is 242 g/mol. The predicted octanol–water partition coefficient (Wildman–Crippen LogP) is 1.79. The van der Waals surface area contributed by atoms with Crippen molar-refractivity contribution in [2.24, 2.45) is 0 Å². The van der Waals surface area contributed by atoms with Gasteiger partial charge in [0.25, 0.3) is 11.6 Å². The number of nitro benzene ring substituents is 1. The Balaban J connectivity index is 3.20. The third-order valence-electron chi connectivity index (χ3n) is 1.89. The fraction of sp³-hybridized carbons (Fsp3) is 0.100. The lowest BCUT2D eigenvalue weighted by Crippen LogP contribution is -2.24. The topological polar surface area (TPSA) is 72.2 Å². The van der Waals surface area contributed by atoms with E-state index >= 15 is 0 Å². The molecule has 0 heterocycles. The Bertz CT molecular complexity index is 489. The standard InChI is InChI=1S/C10H8F2N2O3/c1-2-3-13-10(15)6-4-7(11)8(12)5-9(6)14(16)17/h2,4-5H,1,3H2,(H,13,15). The summed E-state index contributed by atoms with van der Waals surface area (Å²) in [5.41, 5.74) is -1.32. The zero-order valence-corrected chi connectivity index (χ0v) is 8.57. The molecule has 0 fully saturated rings. The van der Waals surface area contributed by atoms with Gasteiger partial charge in [0.05, 0.1) is 11.0 Å². The van der Waals surface area contributed by atoms with Crippen LogP contribution in [0.25, 0.3) is 0 Å². The first-order valence-corrected chi connectivity index (χ1v) is 4.50. The number of hydrogen-bond donors (Lipinski definition) is 1. The number of benzene rings is 1. The predicted molar refractivity (Wildman–Crippen MR) is 55.5 cm³/mol. The highest BCUT2D eigenvalue weighted by Crippen LogP contribution is 2.22. The molecular formula is C10H8F2N2O3. The number of nitrogens with zero attached hydrogens (tertiary/aromatic N) is 1. The Morgan fingerprint density at radius 1 is 1.47 bits per heavy atom. The summed E-state index contributed by atoms with van der Waals surface area (Å²) in [6.45, 7) is 3.40. The summed E-state index contributed by atoms with van der Waals surface area (Å²) >= 11 is 0. The van der Waals surface area contributed by atoms with Gasteiger partial charge in [-0.3, -0.25) is 14.9 Å². The SMILES string of the molecule is C=CCNC(=O)c1cc(F)c(F)cc1[N+](=O)[O-]. The zero-order chi connectivity index (χ0) is 13.0. The number of halogens is 2. The van der Waals surface area contributed by atoms with E-state index in [-0.39, 0.29) is 6.54 Å². The van der Waals surface area contributed by atoms with Crippen LogP contribution in [0.2, 0.25) is 0 Å². The first-order valence-electron chi connectivity index (χ1n) is 4.50. The number of nitrogens with one attached hydrogen (secondary N) is 1. The van der Waals surface area contributed by atoms with Crippen LogP contribution in [0.4, 0.5) is 14.5 Å². The van der Waals surface area contributed by atoms with Crippen molar-refractivity contribution < 1.29 is 18.5 Å². The summed E-state index contributed by atoms with van der Waals surface area (Å²) in [6.07, 6.45) is 1.35. The van der Waals surface area contributed by atoms with E-state index in [9.17, 15) is 23.7 Å². The van der Waals surface area contributed by atoms with Gasteiger partial charge in [0.15, 0.2) is 11.6 Å². The number of hydrogen-bond acceptors (Lipinski definition) is 3. The second kappa shape index (κ2) is 5.15. The van der Waals surface area contributed by atoms with Crippen LogP contribution < -0.4 is 5.32 Å². The number of amides is 1. The highest BCUT2D eigenvalue weighted by Gasteiger charge is 2.23. The molecule has 1 aromatic rings. The van der Waals surface area contributed by atoms with Crippen LogP contribution in [0.1, 0.15) is 10.4 Å². The summed E-state index contributed by atoms with van der Waals surface area (Å²) in [6, 6.07) is 0.865. The molecule has 0 aliphatic carbocycles. The number of carbonyl (C=O) groups is 1. The van der Waals surface area contributed by atoms with Crippen molar-refractivity contribution in [3.05, 3.63) is 52.1 Å². The van der Waals surface area contributed by atoms with Gasteiger partial charge in [0.1, 0.15) is 5.56 Å². The van der Waals surface area contributed by atoms with Crippen LogP contribution in [0, 0.1) is 21.7 Å². The molecule has 5 nitrogen and oxygen atoms in total. The van der Waals surface area contributed by atoms with E-state index in [1.807, 2.05) is 0 Å². The maximum atomic E-state index is 12.9. The van der Waals surface area contributed by atoms with Crippen LogP contribution in [-0.4, -0.2) is 17.4 Å². The molecule has 0 unspecified atom stereocenters. The molecule has 0 atom stereocenters. The van der Waals surface area contributed by atoms with E-state index in [1.54, 1.807) is 0 Å². The average Bonchev–Trinajstić information content (AvgIpc) is 2.28. The molecule has 0 aliphatic rings. The Labute approximate surface area is 94.9 Å². The van der Waals surface area contributed by atoms with Crippen LogP contribution in [0.5, 0.6) is 0 Å². The van der Waals surface area contributed by atoms with E-state index in [4.69, 9.17) is 0 Å². The van der Waals surface area contributed by atoms with E-state index < -0.39 is 33.7 Å². The van der Waals surface area contributed by atoms with Gasteiger partial charge in [0, 0.05) is 6.54 Å². The number of nitro groups is 1. The fourth-order valence-corrected chi connectivity index (χ4v) is 1.13. The summed E-state index contributed by atoms with van der Waals surface area (Å²) < 4.78 is 25.7. The quantitative estimate of drug-likeness (QED) is 0.497. The molecule has 1 N–H and O–H groups in total. The lowest BCUT2D eigenvalue weighted by Gasteiger charge is -2.04. The molecule has 0 spiro atoms. The maximum absolute atomic E-state index is 12.9. The molecule has 1 rings (SSSR count). The largest absolute Gasteiger partial charge is 0.348 e.